The Labute approximate surface area is 194 Å². The second kappa shape index (κ2) is 9.62. The number of benzene rings is 2. The maximum absolute atomic E-state index is 14.8. The van der Waals surface area contributed by atoms with E-state index >= 15 is 0 Å². The number of urea groups is 1. The fourth-order valence-corrected chi connectivity index (χ4v) is 3.61. The van der Waals surface area contributed by atoms with E-state index < -0.39 is 17.8 Å². The predicted molar refractivity (Wildman–Crippen MR) is 122 cm³/mol. The first-order valence-electron chi connectivity index (χ1n) is 10.6. The van der Waals surface area contributed by atoms with Gasteiger partial charge in [-0.15, -0.1) is 0 Å². The highest BCUT2D eigenvalue weighted by Gasteiger charge is 2.34. The zero-order valence-electron chi connectivity index (χ0n) is 18.4. The number of ether oxygens (including phenoxy) is 2. The molecule has 10 heteroatoms. The molecular formula is C24H22FN5O4. The molecule has 0 spiro atoms. The minimum absolute atomic E-state index is 0.0874. The van der Waals surface area contributed by atoms with Crippen LogP contribution < -0.4 is 25.4 Å². The second-order valence-electron chi connectivity index (χ2n) is 7.70. The van der Waals surface area contributed by atoms with Crippen LogP contribution in [0.25, 0.3) is 10.9 Å². The van der Waals surface area contributed by atoms with E-state index in [2.05, 4.69) is 10.3 Å². The smallest absolute Gasteiger partial charge is 0.319 e. The number of carbonyl (C=O) groups excluding carboxylic acids is 2. The highest BCUT2D eigenvalue weighted by atomic mass is 19.1. The lowest BCUT2D eigenvalue weighted by Crippen LogP contribution is -2.38. The number of carbonyl (C=O) groups is 2. The Balaban J connectivity index is 1.66. The molecule has 2 aromatic carbocycles. The summed E-state index contributed by atoms with van der Waals surface area (Å²) in [6.07, 6.45) is 3.25. The van der Waals surface area contributed by atoms with E-state index in [1.54, 1.807) is 24.3 Å². The fraction of sp³-hybridized carbons (Fsp3) is 0.250. The van der Waals surface area contributed by atoms with Crippen molar-refractivity contribution >= 4 is 28.5 Å². The lowest BCUT2D eigenvalue weighted by atomic mass is 10.1. The summed E-state index contributed by atoms with van der Waals surface area (Å²) < 4.78 is 26.1. The van der Waals surface area contributed by atoms with Crippen LogP contribution in [0.2, 0.25) is 0 Å². The Morgan fingerprint density at radius 3 is 2.71 bits per heavy atom. The van der Waals surface area contributed by atoms with Crippen LogP contribution in [0.5, 0.6) is 17.2 Å². The number of fused-ring (bicyclic) bond motifs is 1. The molecule has 0 radical (unpaired) electrons. The van der Waals surface area contributed by atoms with Gasteiger partial charge in [0.25, 0.3) is 5.91 Å². The van der Waals surface area contributed by atoms with Gasteiger partial charge in [0.05, 0.1) is 36.4 Å². The third-order valence-electron chi connectivity index (χ3n) is 5.35. The van der Waals surface area contributed by atoms with Gasteiger partial charge in [0.1, 0.15) is 17.2 Å². The second-order valence-corrected chi connectivity index (χ2v) is 7.70. The molecule has 0 atom stereocenters. The molecule has 34 heavy (non-hydrogen) atoms. The van der Waals surface area contributed by atoms with Crippen molar-refractivity contribution in [2.45, 2.75) is 25.3 Å². The summed E-state index contributed by atoms with van der Waals surface area (Å²) in [6.45, 7) is 0.196. The van der Waals surface area contributed by atoms with E-state index in [0.717, 1.165) is 12.8 Å². The van der Waals surface area contributed by atoms with E-state index in [-0.39, 0.29) is 36.0 Å². The summed E-state index contributed by atoms with van der Waals surface area (Å²) in [5, 5.41) is 11.9. The number of hydrogen-bond acceptors (Lipinski definition) is 6. The number of nitriles is 1. The van der Waals surface area contributed by atoms with Crippen LogP contribution >= 0.6 is 0 Å². The highest BCUT2D eigenvalue weighted by Crippen LogP contribution is 2.37. The van der Waals surface area contributed by atoms with Gasteiger partial charge in [-0.05, 0) is 37.1 Å². The van der Waals surface area contributed by atoms with Gasteiger partial charge in [-0.2, -0.15) is 5.26 Å². The zero-order valence-corrected chi connectivity index (χ0v) is 18.4. The molecule has 1 heterocycles. The van der Waals surface area contributed by atoms with Crippen molar-refractivity contribution in [2.75, 3.05) is 18.6 Å². The molecule has 0 saturated heterocycles. The summed E-state index contributed by atoms with van der Waals surface area (Å²) in [7, 11) is 1.44. The van der Waals surface area contributed by atoms with E-state index in [1.807, 2.05) is 6.07 Å². The van der Waals surface area contributed by atoms with Crippen molar-refractivity contribution in [3.05, 3.63) is 54.0 Å². The van der Waals surface area contributed by atoms with Crippen LogP contribution in [0, 0.1) is 17.1 Å². The molecular weight excluding hydrogens is 441 g/mol. The summed E-state index contributed by atoms with van der Waals surface area (Å²) in [5.74, 6) is -0.190. The summed E-state index contributed by atoms with van der Waals surface area (Å²) in [5.41, 5.74) is 6.28. The predicted octanol–water partition coefficient (Wildman–Crippen LogP) is 3.87. The number of pyridine rings is 1. The van der Waals surface area contributed by atoms with E-state index in [0.29, 0.717) is 22.4 Å². The highest BCUT2D eigenvalue weighted by molar-refractivity contribution is 6.02. The summed E-state index contributed by atoms with van der Waals surface area (Å²) in [6, 6.07) is 10.1. The van der Waals surface area contributed by atoms with Crippen LogP contribution in [-0.4, -0.2) is 36.6 Å². The summed E-state index contributed by atoms with van der Waals surface area (Å²) >= 11 is 0. The van der Waals surface area contributed by atoms with Crippen molar-refractivity contribution in [1.82, 2.24) is 10.3 Å². The van der Waals surface area contributed by atoms with Gasteiger partial charge in [-0.25, -0.2) is 9.18 Å². The SMILES string of the molecule is COc1cc2nccc(Oc3ccc(N(C(N)=O)C4CC4)c(F)c3)c2cc1C(=O)NCCC#N. The largest absolute Gasteiger partial charge is 0.496 e. The van der Waals surface area contributed by atoms with Gasteiger partial charge in [-0.1, -0.05) is 0 Å². The molecule has 3 N–H and O–H groups in total. The first kappa shape index (κ1) is 22.8. The first-order valence-corrected chi connectivity index (χ1v) is 10.6. The number of methoxy groups -OCH3 is 1. The molecule has 1 aliphatic rings. The van der Waals surface area contributed by atoms with Gasteiger partial charge in [0.2, 0.25) is 0 Å². The molecule has 0 unspecified atom stereocenters. The maximum atomic E-state index is 14.8. The molecule has 0 bridgehead atoms. The molecule has 1 aromatic heterocycles. The van der Waals surface area contributed by atoms with Crippen LogP contribution in [-0.2, 0) is 0 Å². The number of hydrogen-bond donors (Lipinski definition) is 2. The molecule has 3 aromatic rings. The van der Waals surface area contributed by atoms with Crippen molar-refractivity contribution in [1.29, 1.82) is 5.26 Å². The number of halogens is 1. The minimum atomic E-state index is -0.704. The number of amides is 3. The molecule has 4 rings (SSSR count). The Bertz CT molecular complexity index is 1300. The monoisotopic (exact) mass is 463 g/mol. The van der Waals surface area contributed by atoms with Crippen molar-refractivity contribution in [3.8, 4) is 23.3 Å². The van der Waals surface area contributed by atoms with E-state index in [1.165, 1.54) is 30.3 Å². The van der Waals surface area contributed by atoms with Crippen LogP contribution in [0.3, 0.4) is 0 Å². The third kappa shape index (κ3) is 4.68. The fourth-order valence-electron chi connectivity index (χ4n) is 3.61. The van der Waals surface area contributed by atoms with Crippen molar-refractivity contribution in [3.63, 3.8) is 0 Å². The molecule has 174 valence electrons. The average molecular weight is 463 g/mol. The number of aromatic nitrogens is 1. The Morgan fingerprint density at radius 2 is 2.06 bits per heavy atom. The molecule has 3 amide bonds. The van der Waals surface area contributed by atoms with Gasteiger partial charge in [0, 0.05) is 36.3 Å². The van der Waals surface area contributed by atoms with Crippen molar-refractivity contribution in [2.24, 2.45) is 5.73 Å². The minimum Gasteiger partial charge on any atom is -0.496 e. The zero-order chi connectivity index (χ0) is 24.2. The molecule has 1 saturated carbocycles. The summed E-state index contributed by atoms with van der Waals surface area (Å²) in [4.78, 5) is 29.9. The number of anilines is 1. The standard InChI is InChI=1S/C24H22FN5O4/c1-33-22-13-19-16(12-17(22)23(31)29-9-2-8-26)21(7-10-28-19)34-15-5-6-20(18(25)11-15)30(24(27)32)14-3-4-14/h5-7,10-14H,2-4,9H2,1H3,(H2,27,32)(H,29,31). The van der Waals surface area contributed by atoms with Gasteiger partial charge in [0.15, 0.2) is 5.82 Å². The number of nitrogens with one attached hydrogen (secondary N) is 1. The van der Waals surface area contributed by atoms with Gasteiger partial charge < -0.3 is 20.5 Å². The molecule has 1 fully saturated rings. The Kier molecular flexibility index (Phi) is 6.45. The Hall–Kier alpha value is -4.39. The normalized spacial score (nSPS) is 12.6. The average Bonchev–Trinajstić information content (AvgIpc) is 3.65. The van der Waals surface area contributed by atoms with Crippen LogP contribution in [0.1, 0.15) is 29.6 Å². The van der Waals surface area contributed by atoms with Gasteiger partial charge >= 0.3 is 6.03 Å². The van der Waals surface area contributed by atoms with Crippen molar-refractivity contribution < 1.29 is 23.5 Å². The van der Waals surface area contributed by atoms with Crippen LogP contribution in [0.4, 0.5) is 14.9 Å². The first-order chi connectivity index (χ1) is 16.4. The van der Waals surface area contributed by atoms with Crippen LogP contribution in [0.15, 0.2) is 42.6 Å². The lowest BCUT2D eigenvalue weighted by Gasteiger charge is -2.21. The van der Waals surface area contributed by atoms with E-state index in [9.17, 15) is 14.0 Å². The number of primary amides is 1. The number of rotatable bonds is 8. The van der Waals surface area contributed by atoms with Gasteiger partial charge in [-0.3, -0.25) is 14.7 Å². The topological polar surface area (TPSA) is 131 Å². The maximum Gasteiger partial charge on any atom is 0.319 e. The molecule has 1 aliphatic carbocycles. The Morgan fingerprint density at radius 1 is 1.26 bits per heavy atom. The molecule has 9 nitrogen and oxygen atoms in total. The number of nitrogens with two attached hydrogens (primary N) is 1. The number of nitrogens with zero attached hydrogens (tertiary/aromatic N) is 3. The third-order valence-corrected chi connectivity index (χ3v) is 5.35. The molecule has 0 aliphatic heterocycles. The lowest BCUT2D eigenvalue weighted by molar-refractivity contribution is 0.0951. The quantitative estimate of drug-likeness (QED) is 0.488. The van der Waals surface area contributed by atoms with E-state index in [4.69, 9.17) is 20.5 Å².